The van der Waals surface area contributed by atoms with Crippen molar-refractivity contribution in [2.75, 3.05) is 6.61 Å². The molecule has 1 N–H and O–H groups in total. The van der Waals surface area contributed by atoms with Crippen LogP contribution in [0.2, 0.25) is 0 Å². The predicted molar refractivity (Wildman–Crippen MR) is 119 cm³/mol. The molecule has 2 fully saturated rings. The fourth-order valence-electron chi connectivity index (χ4n) is 4.72. The maximum absolute atomic E-state index is 13.9. The summed E-state index contributed by atoms with van der Waals surface area (Å²) in [5.74, 6) is -5.52. The van der Waals surface area contributed by atoms with Crippen LogP contribution in [0.4, 0.5) is 8.78 Å². The first-order valence-corrected chi connectivity index (χ1v) is 12.3. The van der Waals surface area contributed by atoms with Crippen LogP contribution >= 0.6 is 0 Å². The third-order valence-corrected chi connectivity index (χ3v) is 6.51. The molecule has 0 aromatic rings. The Balaban J connectivity index is 1.96. The monoisotopic (exact) mass is 472 g/mol. The summed E-state index contributed by atoms with van der Waals surface area (Å²) in [5.41, 5.74) is 0. The van der Waals surface area contributed by atoms with Crippen LogP contribution in [0.15, 0.2) is 12.2 Å². The van der Waals surface area contributed by atoms with E-state index in [2.05, 4.69) is 0 Å². The van der Waals surface area contributed by atoms with Gasteiger partial charge < -0.3 is 14.6 Å². The van der Waals surface area contributed by atoms with Gasteiger partial charge in [0.2, 0.25) is 5.78 Å². The smallest absolute Gasteiger partial charge is 0.305 e. The molecular formula is C25H38F2O6. The van der Waals surface area contributed by atoms with Gasteiger partial charge in [-0.25, -0.2) is 0 Å². The van der Waals surface area contributed by atoms with E-state index in [0.29, 0.717) is 38.7 Å². The fraction of sp³-hybridized carbons (Fsp3) is 0.800. The summed E-state index contributed by atoms with van der Waals surface area (Å²) in [7, 11) is 0. The highest BCUT2D eigenvalue weighted by molar-refractivity contribution is 5.86. The van der Waals surface area contributed by atoms with Crippen LogP contribution < -0.4 is 0 Å². The number of aliphatic carboxylic acids is 1. The van der Waals surface area contributed by atoms with Crippen molar-refractivity contribution in [2.45, 2.75) is 109 Å². The van der Waals surface area contributed by atoms with Crippen LogP contribution in [0.1, 0.15) is 90.4 Å². The van der Waals surface area contributed by atoms with Crippen molar-refractivity contribution in [3.05, 3.63) is 12.2 Å². The second kappa shape index (κ2) is 13.9. The number of ether oxygens (including phenoxy) is 2. The molecule has 0 radical (unpaired) electrons. The first-order chi connectivity index (χ1) is 15.7. The molecular weight excluding hydrogens is 434 g/mol. The largest absolute Gasteiger partial charge is 0.481 e. The Morgan fingerprint density at radius 1 is 1.21 bits per heavy atom. The van der Waals surface area contributed by atoms with E-state index in [9.17, 15) is 23.2 Å². The molecule has 188 valence electrons. The molecule has 0 bridgehead atoms. The molecule has 1 saturated carbocycles. The van der Waals surface area contributed by atoms with E-state index in [1.807, 2.05) is 12.2 Å². The van der Waals surface area contributed by atoms with Crippen molar-refractivity contribution in [3.63, 3.8) is 0 Å². The van der Waals surface area contributed by atoms with Crippen LogP contribution in [0.25, 0.3) is 0 Å². The van der Waals surface area contributed by atoms with E-state index in [1.54, 1.807) is 6.92 Å². The number of carboxylic acids is 1. The molecule has 8 heteroatoms. The molecule has 2 aliphatic rings. The van der Waals surface area contributed by atoms with Gasteiger partial charge in [-0.05, 0) is 63.7 Å². The van der Waals surface area contributed by atoms with Crippen LogP contribution in [0.3, 0.4) is 0 Å². The Hall–Kier alpha value is -1.67. The average molecular weight is 473 g/mol. The van der Waals surface area contributed by atoms with E-state index >= 15 is 0 Å². The molecule has 6 nitrogen and oxygen atoms in total. The number of carbonyl (C=O) groups is 3. The zero-order valence-corrected chi connectivity index (χ0v) is 19.6. The Kier molecular flexibility index (Phi) is 11.6. The fourth-order valence-corrected chi connectivity index (χ4v) is 4.72. The maximum atomic E-state index is 13.9. The Bertz CT molecular complexity index is 672. The van der Waals surface area contributed by atoms with Crippen molar-refractivity contribution in [1.29, 1.82) is 0 Å². The molecule has 1 saturated heterocycles. The highest BCUT2D eigenvalue weighted by Crippen LogP contribution is 2.39. The number of ketones is 2. The minimum Gasteiger partial charge on any atom is -0.481 e. The number of carbonyl (C=O) groups excluding carboxylic acids is 2. The summed E-state index contributed by atoms with van der Waals surface area (Å²) in [5, 5.41) is 8.71. The van der Waals surface area contributed by atoms with E-state index in [4.69, 9.17) is 14.6 Å². The first kappa shape index (κ1) is 27.6. The zero-order valence-electron chi connectivity index (χ0n) is 19.6. The van der Waals surface area contributed by atoms with Crippen molar-refractivity contribution in [3.8, 4) is 0 Å². The van der Waals surface area contributed by atoms with Gasteiger partial charge in [-0.3, -0.25) is 14.4 Å². The number of alkyl halides is 2. The lowest BCUT2D eigenvalue weighted by molar-refractivity contribution is -0.196. The summed E-state index contributed by atoms with van der Waals surface area (Å²) in [6.07, 6.45) is 8.24. The second-order valence-corrected chi connectivity index (χ2v) is 9.17. The molecule has 4 atom stereocenters. The van der Waals surface area contributed by atoms with E-state index in [1.165, 1.54) is 0 Å². The predicted octanol–water partition coefficient (Wildman–Crippen LogP) is 5.48. The quantitative estimate of drug-likeness (QED) is 0.251. The number of allylic oxidation sites excluding steroid dienone is 2. The van der Waals surface area contributed by atoms with E-state index in [-0.39, 0.29) is 55.7 Å². The average Bonchev–Trinajstić information content (AvgIpc) is 3.05. The standard InChI is InChI=1S/C25H38F2O6/c1-2-15-25(26,27)22(29)12-9-11-19-18(10-5-3-4-6-13-23(30)31)20(28)17-21(19)33-24-14-7-8-16-32-24/h3,5,18-19,21,24H,2,4,6-17H2,1H3,(H,30,31)/t18-,19-,21-,24?/m1/s1. The molecule has 1 aliphatic carbocycles. The molecule has 33 heavy (non-hydrogen) atoms. The first-order valence-electron chi connectivity index (χ1n) is 12.3. The second-order valence-electron chi connectivity index (χ2n) is 9.17. The molecule has 2 rings (SSSR count). The molecule has 0 amide bonds. The summed E-state index contributed by atoms with van der Waals surface area (Å²) in [6.45, 7) is 2.25. The third kappa shape index (κ3) is 9.24. The summed E-state index contributed by atoms with van der Waals surface area (Å²) in [4.78, 5) is 35.3. The third-order valence-electron chi connectivity index (χ3n) is 6.51. The van der Waals surface area contributed by atoms with Gasteiger partial charge in [-0.15, -0.1) is 0 Å². The molecule has 1 unspecified atom stereocenters. The maximum Gasteiger partial charge on any atom is 0.305 e. The lowest BCUT2D eigenvalue weighted by atomic mass is 9.86. The minimum absolute atomic E-state index is 0.0821. The van der Waals surface area contributed by atoms with Gasteiger partial charge in [0, 0.05) is 38.2 Å². The van der Waals surface area contributed by atoms with E-state index < -0.39 is 24.1 Å². The Morgan fingerprint density at radius 2 is 2.00 bits per heavy atom. The van der Waals surface area contributed by atoms with Gasteiger partial charge in [0.05, 0.1) is 6.10 Å². The van der Waals surface area contributed by atoms with Gasteiger partial charge in [0.1, 0.15) is 5.78 Å². The van der Waals surface area contributed by atoms with Crippen molar-refractivity contribution in [1.82, 2.24) is 0 Å². The highest BCUT2D eigenvalue weighted by atomic mass is 19.3. The molecule has 0 spiro atoms. The number of hydrogen-bond donors (Lipinski definition) is 1. The van der Waals surface area contributed by atoms with Gasteiger partial charge in [0.15, 0.2) is 6.29 Å². The van der Waals surface area contributed by atoms with Crippen molar-refractivity contribution >= 4 is 17.5 Å². The number of rotatable bonds is 15. The highest BCUT2D eigenvalue weighted by Gasteiger charge is 2.44. The van der Waals surface area contributed by atoms with Gasteiger partial charge in [0.25, 0.3) is 0 Å². The van der Waals surface area contributed by atoms with Gasteiger partial charge >= 0.3 is 11.9 Å². The van der Waals surface area contributed by atoms with Crippen LogP contribution in [0, 0.1) is 11.8 Å². The number of halogens is 2. The SMILES string of the molecule is CCCC(F)(F)C(=O)CCC[C@H]1[C@H](OC2CCCCO2)CC(=O)[C@@H]1CC=CCCCC(=O)O. The van der Waals surface area contributed by atoms with Crippen molar-refractivity contribution in [2.24, 2.45) is 11.8 Å². The van der Waals surface area contributed by atoms with Gasteiger partial charge in [-0.1, -0.05) is 19.1 Å². The summed E-state index contributed by atoms with van der Waals surface area (Å²) >= 11 is 0. The zero-order chi connectivity index (χ0) is 24.3. The molecule has 1 aliphatic heterocycles. The number of unbranched alkanes of at least 4 members (excludes halogenated alkanes) is 1. The summed E-state index contributed by atoms with van der Waals surface area (Å²) < 4.78 is 39.5. The topological polar surface area (TPSA) is 89.9 Å². The van der Waals surface area contributed by atoms with Crippen LogP contribution in [0.5, 0.6) is 0 Å². The van der Waals surface area contributed by atoms with E-state index in [0.717, 1.165) is 19.3 Å². The normalized spacial score (nSPS) is 26.2. The summed E-state index contributed by atoms with van der Waals surface area (Å²) in [6, 6.07) is 0. The molecule has 0 aromatic heterocycles. The number of carboxylic acid groups (broad SMARTS) is 1. The number of hydrogen-bond acceptors (Lipinski definition) is 5. The Morgan fingerprint density at radius 3 is 2.67 bits per heavy atom. The Labute approximate surface area is 195 Å². The lowest BCUT2D eigenvalue weighted by Crippen LogP contribution is -2.32. The molecule has 1 heterocycles. The van der Waals surface area contributed by atoms with Gasteiger partial charge in [-0.2, -0.15) is 8.78 Å². The minimum atomic E-state index is -3.29. The van der Waals surface area contributed by atoms with Crippen LogP contribution in [-0.4, -0.2) is 47.6 Å². The van der Waals surface area contributed by atoms with Crippen molar-refractivity contribution < 1.29 is 37.7 Å². The van der Waals surface area contributed by atoms with Crippen LogP contribution in [-0.2, 0) is 23.9 Å². The molecule has 0 aromatic carbocycles. The number of Topliss-reactive ketones (excluding diaryl/α,β-unsaturated/α-hetero) is 2. The lowest BCUT2D eigenvalue weighted by Gasteiger charge is -2.30.